The van der Waals surface area contributed by atoms with E-state index >= 15 is 0 Å². The van der Waals surface area contributed by atoms with Crippen molar-refractivity contribution in [2.24, 2.45) is 4.99 Å². The molecule has 4 heteroatoms. The Bertz CT molecular complexity index is 448. The summed E-state index contributed by atoms with van der Waals surface area (Å²) >= 11 is 1.65. The molecule has 0 bridgehead atoms. The predicted molar refractivity (Wildman–Crippen MR) is 67.1 cm³/mol. The van der Waals surface area contributed by atoms with Crippen LogP contribution in [0.2, 0.25) is 0 Å². The Morgan fingerprint density at radius 2 is 2.31 bits per heavy atom. The zero-order valence-electron chi connectivity index (χ0n) is 9.18. The Hall–Kier alpha value is -1.47. The van der Waals surface area contributed by atoms with Crippen molar-refractivity contribution in [1.29, 1.82) is 5.26 Å². The van der Waals surface area contributed by atoms with Gasteiger partial charge in [-0.2, -0.15) is 5.26 Å². The lowest BCUT2D eigenvalue weighted by Gasteiger charge is -2.18. The fourth-order valence-corrected chi connectivity index (χ4v) is 2.66. The molecule has 1 aliphatic heterocycles. The molecule has 0 spiro atoms. The van der Waals surface area contributed by atoms with E-state index in [1.54, 1.807) is 11.8 Å². The number of benzene rings is 1. The molecule has 0 unspecified atom stereocenters. The van der Waals surface area contributed by atoms with E-state index in [4.69, 9.17) is 5.26 Å². The molecule has 0 N–H and O–H groups in total. The monoisotopic (exact) mass is 231 g/mol. The van der Waals surface area contributed by atoms with Crippen molar-refractivity contribution in [3.05, 3.63) is 35.4 Å². The Labute approximate surface area is 99.8 Å². The summed E-state index contributed by atoms with van der Waals surface area (Å²) in [6, 6.07) is 8.33. The maximum atomic E-state index is 8.59. The summed E-state index contributed by atoms with van der Waals surface area (Å²) in [6.07, 6.45) is 1.87. The van der Waals surface area contributed by atoms with E-state index in [1.807, 2.05) is 18.3 Å². The Morgan fingerprint density at radius 1 is 1.50 bits per heavy atom. The SMILES string of the molecule is Cc1ccccc1CN1CCSC1=NC#N. The van der Waals surface area contributed by atoms with Crippen molar-refractivity contribution < 1.29 is 0 Å². The summed E-state index contributed by atoms with van der Waals surface area (Å²) in [5.41, 5.74) is 2.59. The van der Waals surface area contributed by atoms with E-state index < -0.39 is 0 Å². The molecule has 0 saturated carbocycles. The lowest BCUT2D eigenvalue weighted by atomic mass is 10.1. The fourth-order valence-electron chi connectivity index (χ4n) is 1.72. The molecule has 0 aromatic heterocycles. The van der Waals surface area contributed by atoms with Gasteiger partial charge < -0.3 is 4.90 Å². The van der Waals surface area contributed by atoms with Gasteiger partial charge in [-0.25, -0.2) is 0 Å². The van der Waals surface area contributed by atoms with Gasteiger partial charge in [-0.3, -0.25) is 0 Å². The third-order valence-corrected chi connectivity index (χ3v) is 3.63. The van der Waals surface area contributed by atoms with Crippen molar-refractivity contribution in [2.75, 3.05) is 12.3 Å². The number of hydrogen-bond donors (Lipinski definition) is 0. The molecule has 1 saturated heterocycles. The summed E-state index contributed by atoms with van der Waals surface area (Å²) in [7, 11) is 0. The van der Waals surface area contributed by atoms with E-state index in [1.165, 1.54) is 11.1 Å². The van der Waals surface area contributed by atoms with Crippen molar-refractivity contribution in [3.8, 4) is 6.19 Å². The third kappa shape index (κ3) is 2.37. The molecule has 1 fully saturated rings. The zero-order chi connectivity index (χ0) is 11.4. The normalized spacial score (nSPS) is 17.8. The number of aryl methyl sites for hydroxylation is 1. The highest BCUT2D eigenvalue weighted by Crippen LogP contribution is 2.21. The van der Waals surface area contributed by atoms with Crippen LogP contribution >= 0.6 is 11.8 Å². The molecule has 1 heterocycles. The van der Waals surface area contributed by atoms with Crippen LogP contribution in [0.3, 0.4) is 0 Å². The average molecular weight is 231 g/mol. The van der Waals surface area contributed by atoms with Crippen LogP contribution in [0.5, 0.6) is 0 Å². The largest absolute Gasteiger partial charge is 0.345 e. The summed E-state index contributed by atoms with van der Waals surface area (Å²) in [4.78, 5) is 6.00. The highest BCUT2D eigenvalue weighted by atomic mass is 32.2. The van der Waals surface area contributed by atoms with Crippen molar-refractivity contribution in [2.45, 2.75) is 13.5 Å². The minimum atomic E-state index is 0.847. The van der Waals surface area contributed by atoms with Gasteiger partial charge in [0.1, 0.15) is 0 Å². The second-order valence-electron chi connectivity index (χ2n) is 3.69. The predicted octanol–water partition coefficient (Wildman–Crippen LogP) is 2.38. The molecule has 16 heavy (non-hydrogen) atoms. The lowest BCUT2D eigenvalue weighted by Crippen LogP contribution is -2.24. The summed E-state index contributed by atoms with van der Waals surface area (Å²) in [6.45, 7) is 3.93. The smallest absolute Gasteiger partial charge is 0.208 e. The van der Waals surface area contributed by atoms with Gasteiger partial charge >= 0.3 is 0 Å². The molecule has 3 nitrogen and oxygen atoms in total. The van der Waals surface area contributed by atoms with Crippen molar-refractivity contribution >= 4 is 16.9 Å². The van der Waals surface area contributed by atoms with Crippen LogP contribution in [0.1, 0.15) is 11.1 Å². The number of rotatable bonds is 2. The summed E-state index contributed by atoms with van der Waals surface area (Å²) in [5, 5.41) is 9.44. The minimum absolute atomic E-state index is 0.847. The standard InChI is InChI=1S/C12H13N3S/c1-10-4-2-3-5-11(10)8-15-6-7-16-12(15)14-9-13/h2-5H,6-8H2,1H3. The molecule has 82 valence electrons. The van der Waals surface area contributed by atoms with Crippen LogP contribution in [-0.2, 0) is 6.54 Å². The second kappa shape index (κ2) is 5.04. The van der Waals surface area contributed by atoms with Gasteiger partial charge in [-0.1, -0.05) is 36.0 Å². The Morgan fingerprint density at radius 3 is 3.06 bits per heavy atom. The third-order valence-electron chi connectivity index (χ3n) is 2.63. The zero-order valence-corrected chi connectivity index (χ0v) is 10.00. The van der Waals surface area contributed by atoms with Crippen LogP contribution in [0.25, 0.3) is 0 Å². The molecule has 0 aliphatic carbocycles. The maximum absolute atomic E-state index is 8.59. The molecule has 0 radical (unpaired) electrons. The number of nitrogens with zero attached hydrogens (tertiary/aromatic N) is 3. The maximum Gasteiger partial charge on any atom is 0.208 e. The molecular weight excluding hydrogens is 218 g/mol. The molecule has 1 aromatic rings. The van der Waals surface area contributed by atoms with E-state index in [9.17, 15) is 0 Å². The molecule has 0 atom stereocenters. The lowest BCUT2D eigenvalue weighted by molar-refractivity contribution is 0.456. The van der Waals surface area contributed by atoms with Gasteiger partial charge in [-0.05, 0) is 18.1 Å². The number of hydrogen-bond acceptors (Lipinski definition) is 3. The Kier molecular flexibility index (Phi) is 3.47. The average Bonchev–Trinajstić information content (AvgIpc) is 2.70. The number of aliphatic imine (C=N–C) groups is 1. The first-order valence-electron chi connectivity index (χ1n) is 5.20. The summed E-state index contributed by atoms with van der Waals surface area (Å²) in [5.74, 6) is 1.02. The molecule has 0 amide bonds. The summed E-state index contributed by atoms with van der Waals surface area (Å²) < 4.78 is 0. The fraction of sp³-hybridized carbons (Fsp3) is 0.333. The number of nitriles is 1. The van der Waals surface area contributed by atoms with Crippen molar-refractivity contribution in [1.82, 2.24) is 4.90 Å². The highest BCUT2D eigenvalue weighted by molar-refractivity contribution is 8.14. The van der Waals surface area contributed by atoms with Crippen LogP contribution in [0, 0.1) is 18.4 Å². The van der Waals surface area contributed by atoms with Gasteiger partial charge in [0.15, 0.2) is 5.17 Å². The Balaban J connectivity index is 2.14. The van der Waals surface area contributed by atoms with Gasteiger partial charge in [0.05, 0.1) is 0 Å². The minimum Gasteiger partial charge on any atom is -0.345 e. The van der Waals surface area contributed by atoms with E-state index in [-0.39, 0.29) is 0 Å². The molecule has 2 rings (SSSR count). The van der Waals surface area contributed by atoms with Crippen LogP contribution in [-0.4, -0.2) is 22.4 Å². The van der Waals surface area contributed by atoms with Gasteiger partial charge in [0.25, 0.3) is 0 Å². The quantitative estimate of drug-likeness (QED) is 0.734. The topological polar surface area (TPSA) is 39.4 Å². The van der Waals surface area contributed by atoms with E-state index in [0.717, 1.165) is 24.0 Å². The first-order chi connectivity index (χ1) is 7.81. The highest BCUT2D eigenvalue weighted by Gasteiger charge is 2.19. The van der Waals surface area contributed by atoms with Crippen LogP contribution < -0.4 is 0 Å². The van der Waals surface area contributed by atoms with Crippen molar-refractivity contribution in [3.63, 3.8) is 0 Å². The van der Waals surface area contributed by atoms with Gasteiger partial charge in [0, 0.05) is 18.8 Å². The molecule has 1 aromatic carbocycles. The first kappa shape index (κ1) is 11.0. The number of amidine groups is 1. The van der Waals surface area contributed by atoms with E-state index in [0.29, 0.717) is 0 Å². The van der Waals surface area contributed by atoms with Crippen LogP contribution in [0.4, 0.5) is 0 Å². The first-order valence-corrected chi connectivity index (χ1v) is 6.19. The number of thioether (sulfide) groups is 1. The molecule has 1 aliphatic rings. The van der Waals surface area contributed by atoms with E-state index in [2.05, 4.69) is 28.9 Å². The van der Waals surface area contributed by atoms with Gasteiger partial charge in [0.2, 0.25) is 6.19 Å². The van der Waals surface area contributed by atoms with Gasteiger partial charge in [-0.15, -0.1) is 4.99 Å². The van der Waals surface area contributed by atoms with Crippen LogP contribution in [0.15, 0.2) is 29.3 Å². The second-order valence-corrected chi connectivity index (χ2v) is 4.75. The molecular formula is C12H13N3S.